The number of hydrogen-bond acceptors (Lipinski definition) is 6. The number of carbonyl (C=O) groups excluding carboxylic acids is 3. The topological polar surface area (TPSA) is 109 Å². The molecule has 8 heteroatoms. The van der Waals surface area contributed by atoms with E-state index >= 15 is 0 Å². The summed E-state index contributed by atoms with van der Waals surface area (Å²) in [7, 11) is 0. The molecule has 1 fully saturated rings. The van der Waals surface area contributed by atoms with E-state index in [1.807, 2.05) is 26.0 Å². The van der Waals surface area contributed by atoms with Gasteiger partial charge in [0.15, 0.2) is 6.61 Å². The summed E-state index contributed by atoms with van der Waals surface area (Å²) in [6.45, 7) is 3.23. The first kappa shape index (κ1) is 19.3. The van der Waals surface area contributed by atoms with Crippen molar-refractivity contribution in [3.05, 3.63) is 53.2 Å². The summed E-state index contributed by atoms with van der Waals surface area (Å²) in [4.78, 5) is 39.9. The number of imide groups is 1. The first-order chi connectivity index (χ1) is 13.4. The van der Waals surface area contributed by atoms with Crippen molar-refractivity contribution in [2.45, 2.75) is 32.7 Å². The third kappa shape index (κ3) is 5.54. The van der Waals surface area contributed by atoms with Gasteiger partial charge >= 0.3 is 12.0 Å². The Balaban J connectivity index is 1.43. The molecule has 0 unspecified atom stereocenters. The summed E-state index contributed by atoms with van der Waals surface area (Å²) in [5.41, 5.74) is 2.77. The van der Waals surface area contributed by atoms with Crippen molar-refractivity contribution in [3.8, 4) is 0 Å². The van der Waals surface area contributed by atoms with Crippen LogP contribution in [-0.4, -0.2) is 35.5 Å². The van der Waals surface area contributed by atoms with Gasteiger partial charge in [-0.05, 0) is 50.5 Å². The van der Waals surface area contributed by atoms with Crippen molar-refractivity contribution in [2.75, 3.05) is 17.2 Å². The standard InChI is InChI=1S/C20H22N4O4/c1-12-3-7-16(13(2)9-12)23-20(27)24-18(25)11-28-19(26)14-4-8-17(21-10-14)22-15-5-6-15/h3-4,7-10,15H,5-6,11H2,1-2H3,(H,21,22)(H2,23,24,25,27). The average molecular weight is 382 g/mol. The second-order valence-electron chi connectivity index (χ2n) is 6.75. The van der Waals surface area contributed by atoms with E-state index in [-0.39, 0.29) is 5.56 Å². The van der Waals surface area contributed by atoms with Crippen molar-refractivity contribution >= 4 is 29.4 Å². The number of esters is 1. The molecule has 0 saturated heterocycles. The zero-order chi connectivity index (χ0) is 20.1. The highest BCUT2D eigenvalue weighted by atomic mass is 16.5. The van der Waals surface area contributed by atoms with Gasteiger partial charge in [0.25, 0.3) is 5.91 Å². The molecule has 1 aliphatic carbocycles. The molecule has 2 aromatic rings. The number of hydrogen-bond donors (Lipinski definition) is 3. The quantitative estimate of drug-likeness (QED) is 0.663. The van der Waals surface area contributed by atoms with Gasteiger partial charge in [-0.1, -0.05) is 17.7 Å². The second kappa shape index (κ2) is 8.51. The number of amides is 3. The van der Waals surface area contributed by atoms with E-state index in [0.29, 0.717) is 17.5 Å². The van der Waals surface area contributed by atoms with Crippen molar-refractivity contribution in [2.24, 2.45) is 0 Å². The van der Waals surface area contributed by atoms with E-state index in [2.05, 4.69) is 20.9 Å². The van der Waals surface area contributed by atoms with Crippen LogP contribution in [-0.2, 0) is 9.53 Å². The van der Waals surface area contributed by atoms with Crippen LogP contribution < -0.4 is 16.0 Å². The van der Waals surface area contributed by atoms with Gasteiger partial charge in [-0.3, -0.25) is 10.1 Å². The zero-order valence-electron chi connectivity index (χ0n) is 15.7. The van der Waals surface area contributed by atoms with E-state index in [9.17, 15) is 14.4 Å². The Morgan fingerprint density at radius 3 is 2.57 bits per heavy atom. The lowest BCUT2D eigenvalue weighted by Gasteiger charge is -2.10. The van der Waals surface area contributed by atoms with Gasteiger partial charge in [0, 0.05) is 17.9 Å². The van der Waals surface area contributed by atoms with Gasteiger partial charge in [0.2, 0.25) is 0 Å². The zero-order valence-corrected chi connectivity index (χ0v) is 15.7. The highest BCUT2D eigenvalue weighted by Gasteiger charge is 2.21. The number of aromatic nitrogens is 1. The number of nitrogens with one attached hydrogen (secondary N) is 3. The molecule has 0 radical (unpaired) electrons. The second-order valence-corrected chi connectivity index (χ2v) is 6.75. The number of benzene rings is 1. The van der Waals surface area contributed by atoms with Crippen LogP contribution in [0.15, 0.2) is 36.5 Å². The Morgan fingerprint density at radius 2 is 1.93 bits per heavy atom. The number of ether oxygens (including phenoxy) is 1. The Bertz CT molecular complexity index is 892. The highest BCUT2D eigenvalue weighted by molar-refractivity contribution is 6.02. The van der Waals surface area contributed by atoms with Crippen LogP contribution in [0.1, 0.15) is 34.3 Å². The minimum atomic E-state index is -0.726. The van der Waals surface area contributed by atoms with Crippen molar-refractivity contribution < 1.29 is 19.1 Å². The van der Waals surface area contributed by atoms with E-state index in [0.717, 1.165) is 24.0 Å². The molecule has 0 bridgehead atoms. The highest BCUT2D eigenvalue weighted by Crippen LogP contribution is 2.23. The minimum absolute atomic E-state index is 0.230. The molecule has 1 saturated carbocycles. The fourth-order valence-electron chi connectivity index (χ4n) is 2.52. The predicted molar refractivity (Wildman–Crippen MR) is 104 cm³/mol. The Labute approximate surface area is 162 Å². The molecule has 28 heavy (non-hydrogen) atoms. The summed E-state index contributed by atoms with van der Waals surface area (Å²) in [5, 5.41) is 7.92. The molecule has 0 atom stereocenters. The van der Waals surface area contributed by atoms with Crippen molar-refractivity contribution in [1.29, 1.82) is 0 Å². The SMILES string of the molecule is Cc1ccc(NC(=O)NC(=O)COC(=O)c2ccc(NC3CC3)nc2)c(C)c1. The molecule has 1 aromatic heterocycles. The molecule has 3 amide bonds. The molecular formula is C20H22N4O4. The molecular weight excluding hydrogens is 360 g/mol. The third-order valence-electron chi connectivity index (χ3n) is 4.15. The predicted octanol–water partition coefficient (Wildman–Crippen LogP) is 2.78. The molecule has 1 aliphatic rings. The normalized spacial score (nSPS) is 12.8. The number of rotatable bonds is 6. The van der Waals surface area contributed by atoms with Crippen LogP contribution in [0.5, 0.6) is 0 Å². The first-order valence-corrected chi connectivity index (χ1v) is 8.98. The fourth-order valence-corrected chi connectivity index (χ4v) is 2.52. The lowest BCUT2D eigenvalue weighted by Crippen LogP contribution is -2.37. The molecule has 8 nitrogen and oxygen atoms in total. The van der Waals surface area contributed by atoms with Gasteiger partial charge in [0.05, 0.1) is 5.56 Å². The van der Waals surface area contributed by atoms with Crippen LogP contribution >= 0.6 is 0 Å². The van der Waals surface area contributed by atoms with Crippen molar-refractivity contribution in [1.82, 2.24) is 10.3 Å². The molecule has 3 N–H and O–H groups in total. The molecule has 1 aromatic carbocycles. The summed E-state index contributed by atoms with van der Waals surface area (Å²) < 4.78 is 4.92. The molecule has 3 rings (SSSR count). The number of nitrogens with zero attached hydrogens (tertiary/aromatic N) is 1. The largest absolute Gasteiger partial charge is 0.452 e. The number of carbonyl (C=O) groups is 3. The Hall–Kier alpha value is -3.42. The average Bonchev–Trinajstić information content (AvgIpc) is 3.46. The number of aryl methyl sites for hydroxylation is 2. The first-order valence-electron chi connectivity index (χ1n) is 8.98. The summed E-state index contributed by atoms with van der Waals surface area (Å²) in [6, 6.07) is 8.56. The molecule has 0 spiro atoms. The minimum Gasteiger partial charge on any atom is -0.452 e. The molecule has 146 valence electrons. The number of anilines is 2. The van der Waals surface area contributed by atoms with Crippen molar-refractivity contribution in [3.63, 3.8) is 0 Å². The Morgan fingerprint density at radius 1 is 1.14 bits per heavy atom. The van der Waals surface area contributed by atoms with E-state index in [4.69, 9.17) is 4.74 Å². The molecule has 1 heterocycles. The lowest BCUT2D eigenvalue weighted by molar-refractivity contribution is -0.123. The monoisotopic (exact) mass is 382 g/mol. The van der Waals surface area contributed by atoms with Crippen LogP contribution in [0.4, 0.5) is 16.3 Å². The van der Waals surface area contributed by atoms with Gasteiger partial charge in [0.1, 0.15) is 5.82 Å². The lowest BCUT2D eigenvalue weighted by atomic mass is 10.1. The fraction of sp³-hybridized carbons (Fsp3) is 0.300. The Kier molecular flexibility index (Phi) is 5.88. The number of urea groups is 1. The maximum atomic E-state index is 12.0. The summed E-state index contributed by atoms with van der Waals surface area (Å²) >= 11 is 0. The molecule has 0 aliphatic heterocycles. The van der Waals surface area contributed by atoms with Gasteiger partial charge in [-0.25, -0.2) is 14.6 Å². The maximum absolute atomic E-state index is 12.0. The van der Waals surface area contributed by atoms with E-state index in [1.165, 1.54) is 6.20 Å². The third-order valence-corrected chi connectivity index (χ3v) is 4.15. The maximum Gasteiger partial charge on any atom is 0.340 e. The van der Waals surface area contributed by atoms with Gasteiger partial charge < -0.3 is 15.4 Å². The smallest absolute Gasteiger partial charge is 0.340 e. The summed E-state index contributed by atoms with van der Waals surface area (Å²) in [5.74, 6) is -0.717. The van der Waals surface area contributed by atoms with Crippen LogP contribution in [0.3, 0.4) is 0 Å². The number of pyridine rings is 1. The van der Waals surface area contributed by atoms with Gasteiger partial charge in [-0.15, -0.1) is 0 Å². The van der Waals surface area contributed by atoms with E-state index < -0.39 is 24.5 Å². The van der Waals surface area contributed by atoms with Gasteiger partial charge in [-0.2, -0.15) is 0 Å². The van der Waals surface area contributed by atoms with Crippen LogP contribution in [0.25, 0.3) is 0 Å². The summed E-state index contributed by atoms with van der Waals surface area (Å²) in [6.07, 6.45) is 3.63. The van der Waals surface area contributed by atoms with Crippen LogP contribution in [0.2, 0.25) is 0 Å². The van der Waals surface area contributed by atoms with Crippen LogP contribution in [0, 0.1) is 13.8 Å². The van der Waals surface area contributed by atoms with E-state index in [1.54, 1.807) is 18.2 Å².